The van der Waals surface area contributed by atoms with Crippen LogP contribution in [0.2, 0.25) is 0 Å². The van der Waals surface area contributed by atoms with Crippen molar-refractivity contribution >= 4 is 22.4 Å². The maximum atomic E-state index is 12.4. The highest BCUT2D eigenvalue weighted by Gasteiger charge is 2.18. The first-order valence-corrected chi connectivity index (χ1v) is 9.44. The number of amides is 1. The predicted molar refractivity (Wildman–Crippen MR) is 108 cm³/mol. The average molecular weight is 360 g/mol. The van der Waals surface area contributed by atoms with Gasteiger partial charge in [-0.1, -0.05) is 54.6 Å². The third-order valence-corrected chi connectivity index (χ3v) is 5.05. The van der Waals surface area contributed by atoms with Crippen LogP contribution in [0.1, 0.15) is 30.7 Å². The third-order valence-electron chi connectivity index (χ3n) is 5.05. The quantitative estimate of drug-likeness (QED) is 0.733. The van der Waals surface area contributed by atoms with Crippen molar-refractivity contribution < 1.29 is 9.21 Å². The zero-order valence-corrected chi connectivity index (χ0v) is 15.5. The van der Waals surface area contributed by atoms with Crippen LogP contribution in [0, 0.1) is 0 Å². The number of benzene rings is 2. The number of furan rings is 1. The zero-order chi connectivity index (χ0) is 18.6. The molecule has 138 valence electrons. The minimum absolute atomic E-state index is 0.0273. The summed E-state index contributed by atoms with van der Waals surface area (Å²) < 4.78 is 5.85. The summed E-state index contributed by atoms with van der Waals surface area (Å²) in [5.41, 5.74) is 3.49. The lowest BCUT2D eigenvalue weighted by atomic mass is 10.00. The van der Waals surface area contributed by atoms with Crippen molar-refractivity contribution in [1.29, 1.82) is 0 Å². The van der Waals surface area contributed by atoms with E-state index in [0.29, 0.717) is 6.54 Å². The molecule has 4 rings (SSSR count). The van der Waals surface area contributed by atoms with E-state index in [1.165, 1.54) is 11.1 Å². The molecule has 3 aromatic rings. The summed E-state index contributed by atoms with van der Waals surface area (Å²) in [7, 11) is 0. The second-order valence-electron chi connectivity index (χ2n) is 7.06. The van der Waals surface area contributed by atoms with Crippen molar-refractivity contribution in [3.05, 3.63) is 78.1 Å². The molecule has 0 unspecified atom stereocenters. The van der Waals surface area contributed by atoms with Crippen molar-refractivity contribution in [2.24, 2.45) is 0 Å². The van der Waals surface area contributed by atoms with Gasteiger partial charge in [0.05, 0.1) is 12.6 Å². The Kier molecular flexibility index (Phi) is 5.07. The minimum Gasteiger partial charge on any atom is -0.459 e. The topological polar surface area (TPSA) is 45.5 Å². The van der Waals surface area contributed by atoms with Gasteiger partial charge in [0, 0.05) is 18.5 Å². The molecule has 27 heavy (non-hydrogen) atoms. The van der Waals surface area contributed by atoms with Crippen molar-refractivity contribution in [1.82, 2.24) is 10.2 Å². The van der Waals surface area contributed by atoms with E-state index < -0.39 is 0 Å². The van der Waals surface area contributed by atoms with Crippen LogP contribution < -0.4 is 5.32 Å². The molecule has 0 radical (unpaired) electrons. The Morgan fingerprint density at radius 2 is 1.93 bits per heavy atom. The summed E-state index contributed by atoms with van der Waals surface area (Å²) in [6, 6.07) is 20.2. The second-order valence-corrected chi connectivity index (χ2v) is 7.06. The largest absolute Gasteiger partial charge is 0.459 e. The normalized spacial score (nSPS) is 16.1. The number of nitrogens with zero attached hydrogens (tertiary/aromatic N) is 1. The fourth-order valence-electron chi connectivity index (χ4n) is 3.55. The first-order valence-electron chi connectivity index (χ1n) is 9.44. The summed E-state index contributed by atoms with van der Waals surface area (Å²) in [5, 5.41) is 4.11. The molecule has 1 N–H and O–H groups in total. The second kappa shape index (κ2) is 7.80. The Labute approximate surface area is 159 Å². The molecular formula is C23H24N2O2. The minimum atomic E-state index is -0.148. The molecule has 1 aromatic heterocycles. The molecule has 0 spiro atoms. The van der Waals surface area contributed by atoms with E-state index in [2.05, 4.69) is 40.6 Å². The smallest absolute Gasteiger partial charge is 0.234 e. The standard InChI is InChI=1S/C23H24N2O2/c1-17(22-15-20-9-5-6-10-21(20)27-22)24-23(26)16-25-13-11-19(12-14-25)18-7-3-2-4-8-18/h2-11,15,17H,12-14,16H2,1H3,(H,24,26)/t17-/m0/s1. The van der Waals surface area contributed by atoms with E-state index in [1.807, 2.05) is 43.3 Å². The van der Waals surface area contributed by atoms with Gasteiger partial charge >= 0.3 is 0 Å². The van der Waals surface area contributed by atoms with E-state index >= 15 is 0 Å². The van der Waals surface area contributed by atoms with Crippen LogP contribution in [0.25, 0.3) is 16.5 Å². The molecule has 0 fully saturated rings. The summed E-state index contributed by atoms with van der Waals surface area (Å²) in [5.74, 6) is 0.814. The molecule has 1 aliphatic rings. The third kappa shape index (κ3) is 4.12. The van der Waals surface area contributed by atoms with Gasteiger partial charge in [-0.25, -0.2) is 0 Å². The number of carbonyl (C=O) groups excluding carboxylic acids is 1. The van der Waals surface area contributed by atoms with Crippen molar-refractivity contribution in [3.63, 3.8) is 0 Å². The van der Waals surface area contributed by atoms with Gasteiger partial charge in [0.15, 0.2) is 0 Å². The fraction of sp³-hybridized carbons (Fsp3) is 0.261. The van der Waals surface area contributed by atoms with E-state index in [-0.39, 0.29) is 11.9 Å². The van der Waals surface area contributed by atoms with Gasteiger partial charge in [0.25, 0.3) is 0 Å². The number of fused-ring (bicyclic) bond motifs is 1. The van der Waals surface area contributed by atoms with E-state index in [9.17, 15) is 4.79 Å². The summed E-state index contributed by atoms with van der Waals surface area (Å²) in [4.78, 5) is 14.6. The van der Waals surface area contributed by atoms with E-state index in [4.69, 9.17) is 4.42 Å². The van der Waals surface area contributed by atoms with E-state index in [0.717, 1.165) is 36.2 Å². The average Bonchev–Trinajstić information content (AvgIpc) is 3.14. The van der Waals surface area contributed by atoms with E-state index in [1.54, 1.807) is 0 Å². The number of carbonyl (C=O) groups is 1. The molecule has 1 aliphatic heterocycles. The Morgan fingerprint density at radius 3 is 2.67 bits per heavy atom. The maximum Gasteiger partial charge on any atom is 0.234 e. The van der Waals surface area contributed by atoms with Crippen LogP contribution in [0.4, 0.5) is 0 Å². The fourth-order valence-corrected chi connectivity index (χ4v) is 3.55. The number of hydrogen-bond donors (Lipinski definition) is 1. The van der Waals surface area contributed by atoms with Crippen molar-refractivity contribution in [2.75, 3.05) is 19.6 Å². The summed E-state index contributed by atoms with van der Waals surface area (Å²) in [6.45, 7) is 4.06. The number of rotatable bonds is 5. The Morgan fingerprint density at radius 1 is 1.15 bits per heavy atom. The molecule has 0 aliphatic carbocycles. The van der Waals surface area contributed by atoms with Gasteiger partial charge in [0.1, 0.15) is 11.3 Å². The molecule has 1 amide bonds. The zero-order valence-electron chi connectivity index (χ0n) is 15.5. The number of nitrogens with one attached hydrogen (secondary N) is 1. The number of para-hydroxylation sites is 1. The van der Waals surface area contributed by atoms with Gasteiger partial charge in [-0.15, -0.1) is 0 Å². The molecule has 2 heterocycles. The molecule has 0 saturated carbocycles. The van der Waals surface area contributed by atoms with Gasteiger partial charge in [-0.2, -0.15) is 0 Å². The first kappa shape index (κ1) is 17.6. The predicted octanol–water partition coefficient (Wildman–Crippen LogP) is 4.40. The van der Waals surface area contributed by atoms with Crippen LogP contribution in [-0.4, -0.2) is 30.4 Å². The highest BCUT2D eigenvalue weighted by atomic mass is 16.3. The summed E-state index contributed by atoms with van der Waals surface area (Å²) >= 11 is 0. The van der Waals surface area contributed by atoms with Crippen LogP contribution >= 0.6 is 0 Å². The van der Waals surface area contributed by atoms with Crippen LogP contribution in [-0.2, 0) is 4.79 Å². The first-order chi connectivity index (χ1) is 13.2. The molecule has 4 heteroatoms. The van der Waals surface area contributed by atoms with Crippen LogP contribution in [0.5, 0.6) is 0 Å². The van der Waals surface area contributed by atoms with Gasteiger partial charge in [-0.05, 0) is 36.6 Å². The highest BCUT2D eigenvalue weighted by molar-refractivity contribution is 5.80. The SMILES string of the molecule is C[C@H](NC(=O)CN1CC=C(c2ccccc2)CC1)c1cc2ccccc2o1. The molecular weight excluding hydrogens is 336 g/mol. The maximum absolute atomic E-state index is 12.4. The lowest BCUT2D eigenvalue weighted by Crippen LogP contribution is -2.40. The van der Waals surface area contributed by atoms with Gasteiger partial charge in [-0.3, -0.25) is 9.69 Å². The van der Waals surface area contributed by atoms with Crippen LogP contribution in [0.3, 0.4) is 0 Å². The molecule has 4 nitrogen and oxygen atoms in total. The van der Waals surface area contributed by atoms with Crippen molar-refractivity contribution in [2.45, 2.75) is 19.4 Å². The molecule has 0 saturated heterocycles. The van der Waals surface area contributed by atoms with Gasteiger partial charge < -0.3 is 9.73 Å². The van der Waals surface area contributed by atoms with Crippen molar-refractivity contribution in [3.8, 4) is 0 Å². The highest BCUT2D eigenvalue weighted by Crippen LogP contribution is 2.24. The monoisotopic (exact) mass is 360 g/mol. The molecule has 1 atom stereocenters. The lowest BCUT2D eigenvalue weighted by molar-refractivity contribution is -0.122. The Balaban J connectivity index is 1.32. The summed E-state index contributed by atoms with van der Waals surface area (Å²) in [6.07, 6.45) is 3.20. The molecule has 0 bridgehead atoms. The van der Waals surface area contributed by atoms with Gasteiger partial charge in [0.2, 0.25) is 5.91 Å². The van der Waals surface area contributed by atoms with Crippen LogP contribution in [0.15, 0.2) is 71.2 Å². The number of hydrogen-bond acceptors (Lipinski definition) is 3. The molecule has 2 aromatic carbocycles. The Hall–Kier alpha value is -2.85. The Bertz CT molecular complexity index is 926. The lowest BCUT2D eigenvalue weighted by Gasteiger charge is -2.26.